The van der Waals surface area contributed by atoms with Crippen molar-refractivity contribution in [3.63, 3.8) is 0 Å². The normalized spacial score (nSPS) is 18.4. The Morgan fingerprint density at radius 1 is 1.48 bits per heavy atom. The second kappa shape index (κ2) is 7.09. The molecule has 116 valence electrons. The van der Waals surface area contributed by atoms with Gasteiger partial charge in [0.25, 0.3) is 5.69 Å². The van der Waals surface area contributed by atoms with Gasteiger partial charge in [0.15, 0.2) is 0 Å². The van der Waals surface area contributed by atoms with Gasteiger partial charge < -0.3 is 10.2 Å². The van der Waals surface area contributed by atoms with Crippen molar-refractivity contribution in [1.29, 1.82) is 0 Å². The highest BCUT2D eigenvalue weighted by Gasteiger charge is 2.25. The summed E-state index contributed by atoms with van der Waals surface area (Å²) in [5, 5.41) is 14.8. The number of nitro groups is 1. The number of nitro benzene ring substituents is 1. The van der Waals surface area contributed by atoms with Crippen LogP contribution in [0.15, 0.2) is 18.2 Å². The predicted octanol–water partition coefficient (Wildman–Crippen LogP) is 3.78. The fourth-order valence-electron chi connectivity index (χ4n) is 2.91. The third kappa shape index (κ3) is 4.08. The Bertz CT molecular complexity index is 502. The number of nitrogens with zero attached hydrogens (tertiary/aromatic N) is 2. The number of benzene rings is 1. The molecule has 5 nitrogen and oxygen atoms in total. The molecule has 0 amide bonds. The molecule has 2 rings (SSSR count). The number of likely N-dealkylation sites (tertiary alicyclic amines) is 1. The number of rotatable bonds is 5. The van der Waals surface area contributed by atoms with Crippen molar-refractivity contribution in [3.05, 3.63) is 33.3 Å². The number of hydrogen-bond donors (Lipinski definition) is 1. The molecule has 1 aliphatic rings. The van der Waals surface area contributed by atoms with E-state index in [1.807, 2.05) is 0 Å². The van der Waals surface area contributed by atoms with Crippen molar-refractivity contribution in [1.82, 2.24) is 4.90 Å². The SMILES string of the molecule is CCN1CCC(C(C)Nc2ccc(Cl)cc2[N+](=O)[O-])CC1. The fraction of sp³-hybridized carbons (Fsp3) is 0.600. The van der Waals surface area contributed by atoms with Gasteiger partial charge in [0.05, 0.1) is 4.92 Å². The molecule has 0 bridgehead atoms. The average molecular weight is 312 g/mol. The number of piperidine rings is 1. The van der Waals surface area contributed by atoms with E-state index >= 15 is 0 Å². The Balaban J connectivity index is 2.03. The number of hydrogen-bond acceptors (Lipinski definition) is 4. The van der Waals surface area contributed by atoms with Crippen molar-refractivity contribution in [3.8, 4) is 0 Å². The van der Waals surface area contributed by atoms with Crippen LogP contribution in [0.3, 0.4) is 0 Å². The zero-order valence-corrected chi connectivity index (χ0v) is 13.3. The Morgan fingerprint density at radius 3 is 2.71 bits per heavy atom. The lowest BCUT2D eigenvalue weighted by atomic mass is 9.90. The van der Waals surface area contributed by atoms with Crippen molar-refractivity contribution in [2.24, 2.45) is 5.92 Å². The van der Waals surface area contributed by atoms with E-state index in [9.17, 15) is 10.1 Å². The Morgan fingerprint density at radius 2 is 2.14 bits per heavy atom. The van der Waals surface area contributed by atoms with Crippen LogP contribution in [0.1, 0.15) is 26.7 Å². The number of halogens is 1. The van der Waals surface area contributed by atoms with Gasteiger partial charge in [-0.15, -0.1) is 0 Å². The van der Waals surface area contributed by atoms with E-state index in [2.05, 4.69) is 24.1 Å². The second-order valence-electron chi connectivity index (χ2n) is 5.62. The lowest BCUT2D eigenvalue weighted by Gasteiger charge is -2.34. The predicted molar refractivity (Wildman–Crippen MR) is 86.0 cm³/mol. The van der Waals surface area contributed by atoms with Gasteiger partial charge in [-0.3, -0.25) is 10.1 Å². The molecule has 0 aliphatic carbocycles. The molecule has 1 heterocycles. The monoisotopic (exact) mass is 311 g/mol. The largest absolute Gasteiger partial charge is 0.377 e. The lowest BCUT2D eigenvalue weighted by Crippen LogP contribution is -2.39. The first-order valence-corrected chi connectivity index (χ1v) is 7.82. The van der Waals surface area contributed by atoms with Gasteiger partial charge in [0, 0.05) is 17.1 Å². The quantitative estimate of drug-likeness (QED) is 0.664. The van der Waals surface area contributed by atoms with E-state index < -0.39 is 0 Å². The molecule has 1 aromatic rings. The van der Waals surface area contributed by atoms with Crippen LogP contribution < -0.4 is 5.32 Å². The molecule has 0 radical (unpaired) electrons. The van der Waals surface area contributed by atoms with Crippen molar-refractivity contribution < 1.29 is 4.92 Å². The van der Waals surface area contributed by atoms with Crippen molar-refractivity contribution >= 4 is 23.0 Å². The number of nitrogens with one attached hydrogen (secondary N) is 1. The highest BCUT2D eigenvalue weighted by Crippen LogP contribution is 2.30. The highest BCUT2D eigenvalue weighted by atomic mass is 35.5. The summed E-state index contributed by atoms with van der Waals surface area (Å²) in [6.45, 7) is 7.59. The maximum absolute atomic E-state index is 11.1. The van der Waals surface area contributed by atoms with E-state index in [0.29, 0.717) is 16.6 Å². The Kier molecular flexibility index (Phi) is 5.42. The third-order valence-electron chi connectivity index (χ3n) is 4.33. The molecule has 0 aromatic heterocycles. The van der Waals surface area contributed by atoms with Crippen LogP contribution in [0, 0.1) is 16.0 Å². The number of anilines is 1. The molecule has 0 spiro atoms. The van der Waals surface area contributed by atoms with E-state index in [0.717, 1.165) is 32.5 Å². The standard InChI is InChI=1S/C15H22ClN3O2/c1-3-18-8-6-12(7-9-18)11(2)17-14-5-4-13(16)10-15(14)19(20)21/h4-5,10-12,17H,3,6-9H2,1-2H3. The van der Waals surface area contributed by atoms with Crippen molar-refractivity contribution in [2.45, 2.75) is 32.7 Å². The second-order valence-corrected chi connectivity index (χ2v) is 6.06. The maximum Gasteiger partial charge on any atom is 0.293 e. The molecule has 21 heavy (non-hydrogen) atoms. The first-order chi connectivity index (χ1) is 10.0. The summed E-state index contributed by atoms with van der Waals surface area (Å²) in [6.07, 6.45) is 2.26. The Labute approximate surface area is 130 Å². The molecule has 1 unspecified atom stereocenters. The fourth-order valence-corrected chi connectivity index (χ4v) is 3.08. The molecule has 1 fully saturated rings. The minimum Gasteiger partial charge on any atom is -0.377 e. The van der Waals surface area contributed by atoms with Gasteiger partial charge in [0.1, 0.15) is 5.69 Å². The summed E-state index contributed by atoms with van der Waals surface area (Å²) < 4.78 is 0. The molecule has 1 aliphatic heterocycles. The van der Waals surface area contributed by atoms with Gasteiger partial charge in [0.2, 0.25) is 0 Å². The topological polar surface area (TPSA) is 58.4 Å². The summed E-state index contributed by atoms with van der Waals surface area (Å²) in [7, 11) is 0. The summed E-state index contributed by atoms with van der Waals surface area (Å²) in [5.74, 6) is 0.545. The van der Waals surface area contributed by atoms with Crippen LogP contribution in [0.5, 0.6) is 0 Å². The lowest BCUT2D eigenvalue weighted by molar-refractivity contribution is -0.384. The molecular formula is C15H22ClN3O2. The summed E-state index contributed by atoms with van der Waals surface area (Å²) in [4.78, 5) is 13.2. The van der Waals surface area contributed by atoms with Gasteiger partial charge in [-0.2, -0.15) is 0 Å². The average Bonchev–Trinajstić information content (AvgIpc) is 2.49. The van der Waals surface area contributed by atoms with E-state index in [1.54, 1.807) is 12.1 Å². The molecule has 6 heteroatoms. The van der Waals surface area contributed by atoms with Crippen LogP contribution in [-0.4, -0.2) is 35.5 Å². The minimum atomic E-state index is -0.388. The first kappa shape index (κ1) is 16.0. The van der Waals surface area contributed by atoms with Crippen LogP contribution in [0.4, 0.5) is 11.4 Å². The van der Waals surface area contributed by atoms with Gasteiger partial charge in [-0.05, 0) is 57.5 Å². The molecule has 1 atom stereocenters. The summed E-state index contributed by atoms with van der Waals surface area (Å²) in [6, 6.07) is 4.99. The zero-order valence-electron chi connectivity index (χ0n) is 12.5. The summed E-state index contributed by atoms with van der Waals surface area (Å²) >= 11 is 5.84. The molecule has 0 saturated carbocycles. The van der Waals surface area contributed by atoms with Gasteiger partial charge >= 0.3 is 0 Å². The third-order valence-corrected chi connectivity index (χ3v) is 4.56. The van der Waals surface area contributed by atoms with Gasteiger partial charge in [-0.1, -0.05) is 18.5 Å². The van der Waals surface area contributed by atoms with E-state index in [1.165, 1.54) is 6.07 Å². The zero-order chi connectivity index (χ0) is 15.4. The van der Waals surface area contributed by atoms with Crippen LogP contribution in [-0.2, 0) is 0 Å². The van der Waals surface area contributed by atoms with Gasteiger partial charge in [-0.25, -0.2) is 0 Å². The molecular weight excluding hydrogens is 290 g/mol. The van der Waals surface area contributed by atoms with Crippen LogP contribution in [0.25, 0.3) is 0 Å². The van der Waals surface area contributed by atoms with Crippen molar-refractivity contribution in [2.75, 3.05) is 25.0 Å². The maximum atomic E-state index is 11.1. The van der Waals surface area contributed by atoms with E-state index in [4.69, 9.17) is 11.6 Å². The Hall–Kier alpha value is -1.33. The van der Waals surface area contributed by atoms with Crippen LogP contribution >= 0.6 is 11.6 Å². The minimum absolute atomic E-state index is 0.0420. The molecule has 1 saturated heterocycles. The summed E-state index contributed by atoms with van der Waals surface area (Å²) in [5.41, 5.74) is 0.593. The molecule has 1 aromatic carbocycles. The van der Waals surface area contributed by atoms with E-state index in [-0.39, 0.29) is 16.7 Å². The highest BCUT2D eigenvalue weighted by molar-refractivity contribution is 6.30. The first-order valence-electron chi connectivity index (χ1n) is 7.44. The molecule has 1 N–H and O–H groups in total. The van der Waals surface area contributed by atoms with Crippen LogP contribution in [0.2, 0.25) is 5.02 Å². The smallest absolute Gasteiger partial charge is 0.293 e.